The van der Waals surface area contributed by atoms with Crippen molar-refractivity contribution in [3.63, 3.8) is 0 Å². The first-order valence-electron chi connectivity index (χ1n) is 4.69. The van der Waals surface area contributed by atoms with Crippen molar-refractivity contribution >= 4 is 11.6 Å². The predicted molar refractivity (Wildman–Crippen MR) is 58.7 cm³/mol. The number of aryl methyl sites for hydroxylation is 1. The molecule has 0 fully saturated rings. The highest BCUT2D eigenvalue weighted by atomic mass is 35.5. The summed E-state index contributed by atoms with van der Waals surface area (Å²) < 4.78 is 15.2. The molecule has 2 aromatic rings. The Bertz CT molecular complexity index is 512. The number of nitrogens with zero attached hydrogens (tertiary/aromatic N) is 2. The van der Waals surface area contributed by atoms with E-state index in [9.17, 15) is 9.50 Å². The number of aliphatic hydroxyl groups is 1. The van der Waals surface area contributed by atoms with Crippen LogP contribution < -0.4 is 0 Å². The molecule has 3 nitrogen and oxygen atoms in total. The van der Waals surface area contributed by atoms with Crippen molar-refractivity contribution in [3.05, 3.63) is 52.8 Å². The Morgan fingerprint density at radius 2 is 2.25 bits per heavy atom. The summed E-state index contributed by atoms with van der Waals surface area (Å²) >= 11 is 5.63. The van der Waals surface area contributed by atoms with Crippen LogP contribution in [0, 0.1) is 5.82 Å². The van der Waals surface area contributed by atoms with E-state index in [2.05, 4.69) is 4.98 Å². The summed E-state index contributed by atoms with van der Waals surface area (Å²) in [4.78, 5) is 3.97. The molecule has 1 unspecified atom stereocenters. The van der Waals surface area contributed by atoms with E-state index in [1.165, 1.54) is 18.2 Å². The zero-order valence-electron chi connectivity index (χ0n) is 8.56. The van der Waals surface area contributed by atoms with Crippen molar-refractivity contribution in [1.29, 1.82) is 0 Å². The van der Waals surface area contributed by atoms with Crippen molar-refractivity contribution in [3.8, 4) is 0 Å². The Morgan fingerprint density at radius 1 is 1.50 bits per heavy atom. The molecule has 1 aromatic heterocycles. The van der Waals surface area contributed by atoms with E-state index in [0.29, 0.717) is 10.7 Å². The molecule has 2 rings (SSSR count). The van der Waals surface area contributed by atoms with Gasteiger partial charge in [-0.25, -0.2) is 9.37 Å². The average molecular weight is 241 g/mol. The molecule has 0 bridgehead atoms. The van der Waals surface area contributed by atoms with Crippen molar-refractivity contribution in [2.75, 3.05) is 0 Å². The quantitative estimate of drug-likeness (QED) is 0.875. The Hall–Kier alpha value is -1.39. The fourth-order valence-electron chi connectivity index (χ4n) is 1.46. The summed E-state index contributed by atoms with van der Waals surface area (Å²) in [6.45, 7) is 0. The summed E-state index contributed by atoms with van der Waals surface area (Å²) in [5.41, 5.74) is 0.576. The molecule has 1 N–H and O–H groups in total. The number of hydrogen-bond donors (Lipinski definition) is 1. The fourth-order valence-corrected chi connectivity index (χ4v) is 1.62. The maximum atomic E-state index is 13.5. The van der Waals surface area contributed by atoms with Gasteiger partial charge in [-0.2, -0.15) is 0 Å². The first-order valence-corrected chi connectivity index (χ1v) is 5.06. The second-order valence-electron chi connectivity index (χ2n) is 3.53. The number of aromatic nitrogens is 2. The van der Waals surface area contributed by atoms with Crippen LogP contribution in [-0.4, -0.2) is 14.7 Å². The zero-order chi connectivity index (χ0) is 11.7. The smallest absolute Gasteiger partial charge is 0.130 e. The average Bonchev–Trinajstić information content (AvgIpc) is 2.64. The number of hydrogen-bond acceptors (Lipinski definition) is 2. The first kappa shape index (κ1) is 11.1. The second-order valence-corrected chi connectivity index (χ2v) is 3.97. The van der Waals surface area contributed by atoms with Gasteiger partial charge in [-0.3, -0.25) is 0 Å². The van der Waals surface area contributed by atoms with Crippen molar-refractivity contribution < 1.29 is 9.50 Å². The number of halogens is 2. The molecule has 0 spiro atoms. The van der Waals surface area contributed by atoms with Gasteiger partial charge in [0.25, 0.3) is 0 Å². The van der Waals surface area contributed by atoms with Crippen LogP contribution in [0.3, 0.4) is 0 Å². The third kappa shape index (κ3) is 2.08. The molecule has 5 heteroatoms. The molecular weight excluding hydrogens is 231 g/mol. The maximum Gasteiger partial charge on any atom is 0.130 e. The summed E-state index contributed by atoms with van der Waals surface area (Å²) in [5, 5.41) is 10.2. The molecule has 0 saturated heterocycles. The molecule has 0 radical (unpaired) electrons. The Balaban J connectivity index is 2.37. The van der Waals surface area contributed by atoms with E-state index in [0.717, 1.165) is 0 Å². The molecule has 0 aliphatic carbocycles. The van der Waals surface area contributed by atoms with Gasteiger partial charge < -0.3 is 9.67 Å². The second kappa shape index (κ2) is 4.23. The van der Waals surface area contributed by atoms with E-state index in [1.54, 1.807) is 24.1 Å². The lowest BCUT2D eigenvalue weighted by Crippen LogP contribution is -2.02. The van der Waals surface area contributed by atoms with Gasteiger partial charge in [-0.1, -0.05) is 17.7 Å². The molecule has 1 heterocycles. The van der Waals surface area contributed by atoms with Gasteiger partial charge in [0.15, 0.2) is 0 Å². The molecule has 84 valence electrons. The van der Waals surface area contributed by atoms with Gasteiger partial charge in [-0.15, -0.1) is 0 Å². The van der Waals surface area contributed by atoms with Crippen LogP contribution in [0.5, 0.6) is 0 Å². The fraction of sp³-hybridized carbons (Fsp3) is 0.182. The number of imidazole rings is 1. The van der Waals surface area contributed by atoms with Gasteiger partial charge >= 0.3 is 0 Å². The molecule has 0 aliphatic heterocycles. The number of aliphatic hydroxyl groups excluding tert-OH is 1. The number of rotatable bonds is 2. The van der Waals surface area contributed by atoms with Gasteiger partial charge in [-0.05, 0) is 12.1 Å². The third-order valence-corrected chi connectivity index (χ3v) is 2.50. The summed E-state index contributed by atoms with van der Waals surface area (Å²) in [6, 6.07) is 4.16. The molecule has 1 aromatic carbocycles. The highest BCUT2D eigenvalue weighted by molar-refractivity contribution is 6.30. The topological polar surface area (TPSA) is 38.0 Å². The lowest BCUT2D eigenvalue weighted by molar-refractivity contribution is 0.210. The lowest BCUT2D eigenvalue weighted by Gasteiger charge is -2.09. The molecule has 1 atom stereocenters. The minimum atomic E-state index is -1.07. The van der Waals surface area contributed by atoms with Crippen LogP contribution in [0.25, 0.3) is 0 Å². The van der Waals surface area contributed by atoms with Gasteiger partial charge in [0, 0.05) is 23.8 Å². The normalized spacial score (nSPS) is 12.8. The monoisotopic (exact) mass is 240 g/mol. The Labute approximate surface area is 97.1 Å². The van der Waals surface area contributed by atoms with Crippen molar-refractivity contribution in [2.24, 2.45) is 7.05 Å². The van der Waals surface area contributed by atoms with E-state index in [-0.39, 0.29) is 5.56 Å². The van der Waals surface area contributed by atoms with Crippen LogP contribution in [-0.2, 0) is 7.05 Å². The standard InChI is InChI=1S/C11H10ClFN2O/c1-15-5-10(14-6-15)11(16)8-3-2-7(12)4-9(8)13/h2-6,11,16H,1H3. The zero-order valence-corrected chi connectivity index (χ0v) is 9.32. The van der Waals surface area contributed by atoms with Gasteiger partial charge in [0.2, 0.25) is 0 Å². The van der Waals surface area contributed by atoms with Crippen molar-refractivity contribution in [1.82, 2.24) is 9.55 Å². The Morgan fingerprint density at radius 3 is 2.81 bits per heavy atom. The summed E-state index contributed by atoms with van der Waals surface area (Å²) in [7, 11) is 1.78. The van der Waals surface area contributed by atoms with Gasteiger partial charge in [0.05, 0.1) is 12.0 Å². The van der Waals surface area contributed by atoms with E-state index in [1.807, 2.05) is 0 Å². The van der Waals surface area contributed by atoms with E-state index < -0.39 is 11.9 Å². The Kier molecular flexibility index (Phi) is 2.94. The molecule has 16 heavy (non-hydrogen) atoms. The summed E-state index contributed by atoms with van der Waals surface area (Å²) in [6.07, 6.45) is 2.11. The lowest BCUT2D eigenvalue weighted by atomic mass is 10.1. The minimum Gasteiger partial charge on any atom is -0.382 e. The van der Waals surface area contributed by atoms with Crippen molar-refractivity contribution in [2.45, 2.75) is 6.10 Å². The van der Waals surface area contributed by atoms with Crippen LogP contribution in [0.15, 0.2) is 30.7 Å². The minimum absolute atomic E-state index is 0.170. The van der Waals surface area contributed by atoms with Gasteiger partial charge in [0.1, 0.15) is 11.9 Å². The highest BCUT2D eigenvalue weighted by Gasteiger charge is 2.17. The third-order valence-electron chi connectivity index (χ3n) is 2.26. The molecular formula is C11H10ClFN2O. The SMILES string of the molecule is Cn1cnc(C(O)c2ccc(Cl)cc2F)c1. The molecule has 0 saturated carbocycles. The maximum absolute atomic E-state index is 13.5. The van der Waals surface area contributed by atoms with Crippen LogP contribution >= 0.6 is 11.6 Å². The van der Waals surface area contributed by atoms with Crippen LogP contribution in [0.2, 0.25) is 5.02 Å². The largest absolute Gasteiger partial charge is 0.382 e. The molecule has 0 amide bonds. The summed E-state index contributed by atoms with van der Waals surface area (Å²) in [5.74, 6) is -0.536. The number of benzene rings is 1. The van der Waals surface area contributed by atoms with Crippen LogP contribution in [0.1, 0.15) is 17.4 Å². The predicted octanol–water partition coefficient (Wildman–Crippen LogP) is 2.29. The van der Waals surface area contributed by atoms with E-state index >= 15 is 0 Å². The van der Waals surface area contributed by atoms with E-state index in [4.69, 9.17) is 11.6 Å². The van der Waals surface area contributed by atoms with Crippen LogP contribution in [0.4, 0.5) is 4.39 Å². The first-order chi connectivity index (χ1) is 7.58. The molecule has 0 aliphatic rings. The highest BCUT2D eigenvalue weighted by Crippen LogP contribution is 2.24.